The Bertz CT molecular complexity index is 1150. The first-order valence-corrected chi connectivity index (χ1v) is 10.3. The standard InChI is InChI=1S/C26H25N3O2/c1-19-10-9-15-24(16-19)31-20(2)26(30)27-17-22-18-29(23-13-7-4-8-14-23)28-25(22)21-11-5-3-6-12-21/h3-16,18,20H,17H2,1-2H3,(H,27,30). The summed E-state index contributed by atoms with van der Waals surface area (Å²) in [6.07, 6.45) is 1.36. The highest BCUT2D eigenvalue weighted by Crippen LogP contribution is 2.23. The number of nitrogens with one attached hydrogen (secondary N) is 1. The summed E-state index contributed by atoms with van der Waals surface area (Å²) < 4.78 is 7.65. The number of amides is 1. The van der Waals surface area contributed by atoms with Crippen molar-refractivity contribution < 1.29 is 9.53 Å². The fraction of sp³-hybridized carbons (Fsp3) is 0.154. The Balaban J connectivity index is 1.51. The zero-order chi connectivity index (χ0) is 21.6. The number of carbonyl (C=O) groups is 1. The monoisotopic (exact) mass is 411 g/mol. The quantitative estimate of drug-likeness (QED) is 0.469. The van der Waals surface area contributed by atoms with Gasteiger partial charge in [-0.05, 0) is 43.7 Å². The number of hydrogen-bond donors (Lipinski definition) is 1. The molecule has 0 aliphatic heterocycles. The van der Waals surface area contributed by atoms with E-state index in [1.54, 1.807) is 6.92 Å². The van der Waals surface area contributed by atoms with Crippen molar-refractivity contribution in [3.63, 3.8) is 0 Å². The molecule has 1 atom stereocenters. The molecule has 1 unspecified atom stereocenters. The van der Waals surface area contributed by atoms with E-state index in [1.807, 2.05) is 103 Å². The largest absolute Gasteiger partial charge is 0.481 e. The van der Waals surface area contributed by atoms with E-state index in [9.17, 15) is 4.79 Å². The lowest BCUT2D eigenvalue weighted by molar-refractivity contribution is -0.127. The third-order valence-electron chi connectivity index (χ3n) is 4.98. The molecule has 0 spiro atoms. The molecular weight excluding hydrogens is 386 g/mol. The first-order chi connectivity index (χ1) is 15.1. The zero-order valence-corrected chi connectivity index (χ0v) is 17.7. The average molecular weight is 412 g/mol. The minimum atomic E-state index is -0.605. The van der Waals surface area contributed by atoms with Crippen molar-refractivity contribution in [1.29, 1.82) is 0 Å². The predicted octanol–water partition coefficient (Wildman–Crippen LogP) is 4.93. The van der Waals surface area contributed by atoms with Crippen LogP contribution in [-0.4, -0.2) is 21.8 Å². The number of ether oxygens (including phenoxy) is 1. The molecule has 4 aromatic rings. The van der Waals surface area contributed by atoms with E-state index in [-0.39, 0.29) is 5.91 Å². The number of benzene rings is 3. The van der Waals surface area contributed by atoms with Gasteiger partial charge in [0.15, 0.2) is 6.10 Å². The van der Waals surface area contributed by atoms with Gasteiger partial charge >= 0.3 is 0 Å². The summed E-state index contributed by atoms with van der Waals surface area (Å²) in [6.45, 7) is 4.10. The van der Waals surface area contributed by atoms with E-state index in [1.165, 1.54) is 0 Å². The lowest BCUT2D eigenvalue weighted by Crippen LogP contribution is -2.35. The van der Waals surface area contributed by atoms with Crippen LogP contribution in [0.15, 0.2) is 91.1 Å². The summed E-state index contributed by atoms with van der Waals surface area (Å²) in [4.78, 5) is 12.7. The zero-order valence-electron chi connectivity index (χ0n) is 17.7. The maximum Gasteiger partial charge on any atom is 0.261 e. The van der Waals surface area contributed by atoms with Crippen molar-refractivity contribution in [3.05, 3.63) is 102 Å². The molecule has 0 radical (unpaired) electrons. The first-order valence-electron chi connectivity index (χ1n) is 10.3. The van der Waals surface area contributed by atoms with Crippen LogP contribution >= 0.6 is 0 Å². The number of hydrogen-bond acceptors (Lipinski definition) is 3. The van der Waals surface area contributed by atoms with E-state index >= 15 is 0 Å². The molecule has 5 nitrogen and oxygen atoms in total. The Kier molecular flexibility index (Phi) is 6.13. The van der Waals surface area contributed by atoms with Crippen molar-refractivity contribution >= 4 is 5.91 Å². The smallest absolute Gasteiger partial charge is 0.261 e. The number of carbonyl (C=O) groups excluding carboxylic acids is 1. The highest BCUT2D eigenvalue weighted by molar-refractivity contribution is 5.81. The molecule has 3 aromatic carbocycles. The number of para-hydroxylation sites is 1. The third-order valence-corrected chi connectivity index (χ3v) is 4.98. The van der Waals surface area contributed by atoms with E-state index < -0.39 is 6.10 Å². The van der Waals surface area contributed by atoms with Crippen LogP contribution in [0.1, 0.15) is 18.1 Å². The fourth-order valence-electron chi connectivity index (χ4n) is 3.36. The van der Waals surface area contributed by atoms with Crippen LogP contribution in [0, 0.1) is 6.92 Å². The Hall–Kier alpha value is -3.86. The van der Waals surface area contributed by atoms with Gasteiger partial charge in [0.2, 0.25) is 0 Å². The van der Waals surface area contributed by atoms with E-state index in [4.69, 9.17) is 9.84 Å². The normalized spacial score (nSPS) is 11.7. The van der Waals surface area contributed by atoms with Crippen LogP contribution in [0.2, 0.25) is 0 Å². The van der Waals surface area contributed by atoms with Crippen LogP contribution in [0.4, 0.5) is 0 Å². The van der Waals surface area contributed by atoms with Gasteiger partial charge in [0.1, 0.15) is 5.75 Å². The lowest BCUT2D eigenvalue weighted by atomic mass is 10.1. The Morgan fingerprint density at radius 3 is 2.42 bits per heavy atom. The molecule has 1 N–H and O–H groups in total. The molecule has 0 saturated heterocycles. The number of rotatable bonds is 7. The fourth-order valence-corrected chi connectivity index (χ4v) is 3.36. The summed E-state index contributed by atoms with van der Waals surface area (Å²) in [5.41, 5.74) is 4.84. The van der Waals surface area contributed by atoms with Gasteiger partial charge in [-0.1, -0.05) is 60.7 Å². The van der Waals surface area contributed by atoms with E-state index in [0.29, 0.717) is 12.3 Å². The average Bonchev–Trinajstić information content (AvgIpc) is 3.23. The maximum atomic E-state index is 12.7. The highest BCUT2D eigenvalue weighted by atomic mass is 16.5. The topological polar surface area (TPSA) is 56.1 Å². The van der Waals surface area contributed by atoms with Crippen LogP contribution in [-0.2, 0) is 11.3 Å². The second-order valence-corrected chi connectivity index (χ2v) is 7.44. The number of aromatic nitrogens is 2. The van der Waals surface area contributed by atoms with Crippen LogP contribution in [0.5, 0.6) is 5.75 Å². The summed E-state index contributed by atoms with van der Waals surface area (Å²) in [5, 5.41) is 7.78. The van der Waals surface area contributed by atoms with Gasteiger partial charge in [0.05, 0.1) is 11.4 Å². The maximum absolute atomic E-state index is 12.7. The molecule has 0 bridgehead atoms. The Morgan fingerprint density at radius 1 is 1.00 bits per heavy atom. The van der Waals surface area contributed by atoms with E-state index in [2.05, 4.69) is 5.32 Å². The molecule has 4 rings (SSSR count). The molecular formula is C26H25N3O2. The predicted molar refractivity (Wildman–Crippen MR) is 122 cm³/mol. The van der Waals surface area contributed by atoms with Crippen molar-refractivity contribution in [1.82, 2.24) is 15.1 Å². The SMILES string of the molecule is Cc1cccc(OC(C)C(=O)NCc2cn(-c3ccccc3)nc2-c2ccccc2)c1. The first kappa shape index (κ1) is 20.4. The number of aryl methyl sites for hydroxylation is 1. The molecule has 1 aromatic heterocycles. The summed E-state index contributed by atoms with van der Waals surface area (Å²) in [6, 6.07) is 27.6. The molecule has 0 fully saturated rings. The molecule has 1 heterocycles. The molecule has 31 heavy (non-hydrogen) atoms. The second-order valence-electron chi connectivity index (χ2n) is 7.44. The highest BCUT2D eigenvalue weighted by Gasteiger charge is 2.17. The van der Waals surface area contributed by atoms with Crippen LogP contribution in [0.25, 0.3) is 16.9 Å². The molecule has 156 valence electrons. The molecule has 0 aliphatic rings. The summed E-state index contributed by atoms with van der Waals surface area (Å²) >= 11 is 0. The van der Waals surface area contributed by atoms with Gasteiger partial charge < -0.3 is 10.1 Å². The van der Waals surface area contributed by atoms with Gasteiger partial charge in [0, 0.05) is 23.9 Å². The second kappa shape index (κ2) is 9.30. The minimum absolute atomic E-state index is 0.173. The molecule has 0 aliphatic carbocycles. The minimum Gasteiger partial charge on any atom is -0.481 e. The van der Waals surface area contributed by atoms with Crippen molar-refractivity contribution in [2.75, 3.05) is 0 Å². The Labute approximate surface area is 182 Å². The van der Waals surface area contributed by atoms with Gasteiger partial charge in [-0.25, -0.2) is 4.68 Å². The van der Waals surface area contributed by atoms with Gasteiger partial charge in [0.25, 0.3) is 5.91 Å². The molecule has 1 amide bonds. The van der Waals surface area contributed by atoms with Crippen LogP contribution in [0.3, 0.4) is 0 Å². The summed E-state index contributed by atoms with van der Waals surface area (Å²) in [7, 11) is 0. The number of nitrogens with zero attached hydrogens (tertiary/aromatic N) is 2. The molecule has 5 heteroatoms. The van der Waals surface area contributed by atoms with Crippen molar-refractivity contribution in [3.8, 4) is 22.7 Å². The third kappa shape index (κ3) is 5.01. The van der Waals surface area contributed by atoms with Gasteiger partial charge in [-0.3, -0.25) is 4.79 Å². The van der Waals surface area contributed by atoms with E-state index in [0.717, 1.165) is 28.1 Å². The van der Waals surface area contributed by atoms with Crippen molar-refractivity contribution in [2.24, 2.45) is 0 Å². The molecule has 0 saturated carbocycles. The van der Waals surface area contributed by atoms with Crippen LogP contribution < -0.4 is 10.1 Å². The van der Waals surface area contributed by atoms with Gasteiger partial charge in [-0.2, -0.15) is 5.10 Å². The Morgan fingerprint density at radius 2 is 1.71 bits per heavy atom. The van der Waals surface area contributed by atoms with Gasteiger partial charge in [-0.15, -0.1) is 0 Å². The van der Waals surface area contributed by atoms with Crippen molar-refractivity contribution in [2.45, 2.75) is 26.5 Å². The lowest BCUT2D eigenvalue weighted by Gasteiger charge is -2.15. The summed E-state index contributed by atoms with van der Waals surface area (Å²) in [5.74, 6) is 0.512.